The SMILES string of the molecule is CCCCCCCC/C=C\CCCCCCCCOC(=O)CCCCCCC/C=C\CCCCCCCC.CCCCCCCCCCCCCCCCCCCCCCOC(=O)CCCCCCCCCCCCCCCCCCCCC.CCCCCCCCCCCCCCCCCCOC(=O)CCCCCCCCCCCCCCCCC. The topological polar surface area (TPSA) is 78.9 Å². The molecule has 6 nitrogen and oxygen atoms in total. The van der Waals surface area contributed by atoms with E-state index in [-0.39, 0.29) is 17.9 Å². The van der Waals surface area contributed by atoms with Crippen LogP contribution in [0.5, 0.6) is 0 Å². The maximum Gasteiger partial charge on any atom is 0.305 e. The quantitative estimate of drug-likeness (QED) is 0.0261. The first kappa shape index (κ1) is 124. The Bertz CT molecular complexity index is 1910. The first-order chi connectivity index (χ1) is 60.4. The number of carbonyl (C=O) groups is 3. The van der Waals surface area contributed by atoms with Crippen molar-refractivity contribution in [2.24, 2.45) is 0 Å². The minimum absolute atomic E-state index is 0.00961. The molecule has 0 heterocycles. The normalized spacial score (nSPS) is 11.5. The van der Waals surface area contributed by atoms with E-state index in [1.54, 1.807) is 0 Å². The van der Waals surface area contributed by atoms with Crippen LogP contribution >= 0.6 is 0 Å². The molecule has 0 radical (unpaired) electrons. The van der Waals surface area contributed by atoms with Gasteiger partial charge in [0.1, 0.15) is 0 Å². The summed E-state index contributed by atoms with van der Waals surface area (Å²) in [6.45, 7) is 15.6. The van der Waals surface area contributed by atoms with Crippen molar-refractivity contribution in [3.63, 3.8) is 0 Å². The number of esters is 3. The highest BCUT2D eigenvalue weighted by Crippen LogP contribution is 2.22. The molecule has 0 aromatic carbocycles. The largest absolute Gasteiger partial charge is 0.466 e. The van der Waals surface area contributed by atoms with Crippen molar-refractivity contribution >= 4 is 17.9 Å². The molecular formula is C116H228O6. The Morgan fingerprint density at radius 3 is 0.352 bits per heavy atom. The fourth-order valence-electron chi connectivity index (χ4n) is 17.5. The molecule has 0 aromatic heterocycles. The molecule has 0 atom stereocenters. The van der Waals surface area contributed by atoms with Crippen LogP contribution in [0.3, 0.4) is 0 Å². The second-order valence-corrected chi connectivity index (χ2v) is 38.8. The van der Waals surface area contributed by atoms with E-state index >= 15 is 0 Å². The predicted octanol–water partition coefficient (Wildman–Crippen LogP) is 41.8. The molecule has 6 heteroatoms. The fraction of sp³-hybridized carbons (Fsp3) is 0.940. The molecule has 0 fully saturated rings. The molecule has 0 bridgehead atoms. The Hall–Kier alpha value is -2.11. The Morgan fingerprint density at radius 1 is 0.131 bits per heavy atom. The zero-order valence-electron chi connectivity index (χ0n) is 85.1. The fourth-order valence-corrected chi connectivity index (χ4v) is 17.5. The molecule has 0 aliphatic rings. The van der Waals surface area contributed by atoms with Crippen LogP contribution in [-0.4, -0.2) is 37.7 Å². The third kappa shape index (κ3) is 124. The number of unbranched alkanes of at least 4 members (excludes halogenated alkanes) is 89. The Morgan fingerprint density at radius 2 is 0.230 bits per heavy atom. The zero-order chi connectivity index (χ0) is 88.5. The summed E-state index contributed by atoms with van der Waals surface area (Å²) in [6.07, 6.45) is 143. The lowest BCUT2D eigenvalue weighted by Gasteiger charge is -2.06. The number of carbonyl (C=O) groups excluding carboxylic acids is 3. The van der Waals surface area contributed by atoms with Crippen molar-refractivity contribution in [1.82, 2.24) is 0 Å². The molecule has 0 rings (SSSR count). The summed E-state index contributed by atoms with van der Waals surface area (Å²) in [5.41, 5.74) is 0. The van der Waals surface area contributed by atoms with Crippen LogP contribution in [0.4, 0.5) is 0 Å². The second kappa shape index (κ2) is 121. The second-order valence-electron chi connectivity index (χ2n) is 38.8. The van der Waals surface area contributed by atoms with Gasteiger partial charge in [-0.2, -0.15) is 0 Å². The summed E-state index contributed by atoms with van der Waals surface area (Å²) >= 11 is 0. The number of hydrogen-bond donors (Lipinski definition) is 0. The highest BCUT2D eigenvalue weighted by molar-refractivity contribution is 5.69. The first-order valence-electron chi connectivity index (χ1n) is 57.2. The monoisotopic (exact) mass is 1720 g/mol. The van der Waals surface area contributed by atoms with E-state index in [1.807, 2.05) is 0 Å². The highest BCUT2D eigenvalue weighted by atomic mass is 16.5. The number of rotatable bonds is 105. The van der Waals surface area contributed by atoms with Gasteiger partial charge in [-0.15, -0.1) is 0 Å². The lowest BCUT2D eigenvalue weighted by Crippen LogP contribution is -2.05. The maximum absolute atomic E-state index is 12.0. The molecule has 0 aromatic rings. The summed E-state index contributed by atoms with van der Waals surface area (Å²) in [6, 6.07) is 0. The van der Waals surface area contributed by atoms with Crippen LogP contribution in [0.2, 0.25) is 0 Å². The van der Waals surface area contributed by atoms with Gasteiger partial charge in [0.2, 0.25) is 0 Å². The van der Waals surface area contributed by atoms with Crippen molar-refractivity contribution in [2.45, 2.75) is 684 Å². The molecule has 0 N–H and O–H groups in total. The number of hydrogen-bond acceptors (Lipinski definition) is 6. The summed E-state index contributed by atoms with van der Waals surface area (Å²) in [5, 5.41) is 0. The van der Waals surface area contributed by atoms with E-state index in [4.69, 9.17) is 14.2 Å². The van der Waals surface area contributed by atoms with Crippen LogP contribution in [-0.2, 0) is 28.6 Å². The van der Waals surface area contributed by atoms with Gasteiger partial charge in [-0.05, 0) is 89.9 Å². The van der Waals surface area contributed by atoms with Gasteiger partial charge in [-0.3, -0.25) is 14.4 Å². The van der Waals surface area contributed by atoms with Gasteiger partial charge in [0.05, 0.1) is 19.8 Å². The molecule has 728 valence electrons. The first-order valence-corrected chi connectivity index (χ1v) is 57.2. The molecule has 0 saturated heterocycles. The lowest BCUT2D eigenvalue weighted by molar-refractivity contribution is -0.144. The van der Waals surface area contributed by atoms with Gasteiger partial charge >= 0.3 is 17.9 Å². The van der Waals surface area contributed by atoms with E-state index < -0.39 is 0 Å². The van der Waals surface area contributed by atoms with Crippen LogP contribution in [0.1, 0.15) is 684 Å². The van der Waals surface area contributed by atoms with E-state index in [0.717, 1.165) is 44.9 Å². The summed E-state index contributed by atoms with van der Waals surface area (Å²) in [7, 11) is 0. The van der Waals surface area contributed by atoms with Crippen molar-refractivity contribution in [3.8, 4) is 0 Å². The molecule has 0 spiro atoms. The molecule has 0 amide bonds. The van der Waals surface area contributed by atoms with Crippen LogP contribution in [0.25, 0.3) is 0 Å². The van der Waals surface area contributed by atoms with Crippen LogP contribution in [0.15, 0.2) is 24.3 Å². The van der Waals surface area contributed by atoms with Gasteiger partial charge in [-0.1, -0.05) is 599 Å². The van der Waals surface area contributed by atoms with Crippen LogP contribution < -0.4 is 0 Å². The average Bonchev–Trinajstić information content (AvgIpc) is 1.05. The summed E-state index contributed by atoms with van der Waals surface area (Å²) < 4.78 is 16.3. The molecule has 122 heavy (non-hydrogen) atoms. The van der Waals surface area contributed by atoms with E-state index in [0.29, 0.717) is 39.1 Å². The lowest BCUT2D eigenvalue weighted by atomic mass is 10.0. The third-order valence-corrected chi connectivity index (χ3v) is 26.1. The smallest absolute Gasteiger partial charge is 0.305 e. The van der Waals surface area contributed by atoms with Crippen LogP contribution in [0, 0.1) is 0 Å². The molecule has 0 aliphatic carbocycles. The summed E-state index contributed by atoms with van der Waals surface area (Å²) in [5.74, 6) is 0.0702. The van der Waals surface area contributed by atoms with Gasteiger partial charge in [-0.25, -0.2) is 0 Å². The highest BCUT2D eigenvalue weighted by Gasteiger charge is 2.08. The Labute approximate surface area is 769 Å². The van der Waals surface area contributed by atoms with E-state index in [1.165, 1.54) is 578 Å². The average molecular weight is 1720 g/mol. The number of ether oxygens (including phenoxy) is 3. The zero-order valence-corrected chi connectivity index (χ0v) is 85.1. The molecule has 0 saturated carbocycles. The third-order valence-electron chi connectivity index (χ3n) is 26.1. The van der Waals surface area contributed by atoms with Crippen molar-refractivity contribution in [3.05, 3.63) is 24.3 Å². The predicted molar refractivity (Wildman–Crippen MR) is 547 cm³/mol. The minimum atomic E-state index is 0.00961. The van der Waals surface area contributed by atoms with Crippen molar-refractivity contribution in [1.29, 1.82) is 0 Å². The van der Waals surface area contributed by atoms with E-state index in [9.17, 15) is 14.4 Å². The Kier molecular flexibility index (Phi) is 123. The van der Waals surface area contributed by atoms with Crippen molar-refractivity contribution < 1.29 is 28.6 Å². The van der Waals surface area contributed by atoms with Crippen molar-refractivity contribution in [2.75, 3.05) is 19.8 Å². The van der Waals surface area contributed by atoms with Gasteiger partial charge in [0.15, 0.2) is 0 Å². The summed E-state index contributed by atoms with van der Waals surface area (Å²) in [4.78, 5) is 35.8. The Balaban J connectivity index is -0.00000175. The molecular weight excluding hydrogens is 1490 g/mol. The number of allylic oxidation sites excluding steroid dienone is 4. The van der Waals surface area contributed by atoms with Gasteiger partial charge in [0.25, 0.3) is 0 Å². The van der Waals surface area contributed by atoms with Gasteiger partial charge < -0.3 is 14.2 Å². The van der Waals surface area contributed by atoms with Gasteiger partial charge in [0, 0.05) is 19.3 Å². The molecule has 0 unspecified atom stereocenters. The maximum atomic E-state index is 12.0. The standard InChI is InChI=1S/C44H88O2.C36H72O2.C36H68O2/c1-3-5-7-9-11-13-15-17-19-21-23-25-27-29-31-33-35-37-39-41-43-46-44(45)42-40-38-36-34-32-30-28-26-24-22-20-18-16-14-12-10-8-6-4-2;2*1-3-5-7-9-11-13-15-17-19-21-23-25-27-29-31-33-35-38-36(37)34-32-30-28-26-24-22-20-18-16-14-12-10-8-6-4-2/h3-43H2,1-2H3;3-35H2,1-2H3;17-20H,3-16,21-35H2,1-2H3/b;;19-17-,20-18-. The minimum Gasteiger partial charge on any atom is -0.466 e. The van der Waals surface area contributed by atoms with E-state index in [2.05, 4.69) is 65.8 Å². The molecule has 0 aliphatic heterocycles.